The monoisotopic (exact) mass is 1120 g/mol. The number of phosphoric ester groups is 1. The third kappa shape index (κ3) is 61.8. The number of carbonyl (C=O) groups is 1. The summed E-state index contributed by atoms with van der Waals surface area (Å²) in [6, 6.07) is -0.876. The van der Waals surface area contributed by atoms with E-state index in [0.29, 0.717) is 23.9 Å². The molecule has 0 aliphatic heterocycles. The van der Waals surface area contributed by atoms with Gasteiger partial charge in [0.1, 0.15) is 13.2 Å². The van der Waals surface area contributed by atoms with Crippen LogP contribution in [0, 0.1) is 0 Å². The predicted molar refractivity (Wildman–Crippen MR) is 345 cm³/mol. The van der Waals surface area contributed by atoms with Crippen LogP contribution in [-0.4, -0.2) is 73.4 Å². The van der Waals surface area contributed by atoms with Crippen molar-refractivity contribution < 1.29 is 32.9 Å². The topological polar surface area (TPSA) is 105 Å². The highest BCUT2D eigenvalue weighted by atomic mass is 31.2. The quantitative estimate of drug-likeness (QED) is 0.0243. The third-order valence-corrected chi connectivity index (χ3v) is 14.3. The summed E-state index contributed by atoms with van der Waals surface area (Å²) >= 11 is 0. The van der Waals surface area contributed by atoms with Gasteiger partial charge in [-0.25, -0.2) is 4.57 Å². The molecule has 0 saturated heterocycles. The third-order valence-electron chi connectivity index (χ3n) is 13.3. The maximum Gasteiger partial charge on any atom is 0.472 e. The van der Waals surface area contributed by atoms with Gasteiger partial charge in [-0.2, -0.15) is 0 Å². The fourth-order valence-corrected chi connectivity index (χ4v) is 9.14. The number of nitrogens with one attached hydrogen (secondary N) is 1. The summed E-state index contributed by atoms with van der Waals surface area (Å²) in [5.74, 6) is -0.213. The van der Waals surface area contributed by atoms with Gasteiger partial charge in [0, 0.05) is 6.42 Å². The average Bonchev–Trinajstić information content (AvgIpc) is 3.42. The van der Waals surface area contributed by atoms with Crippen molar-refractivity contribution in [2.45, 2.75) is 251 Å². The largest absolute Gasteiger partial charge is 0.472 e. The molecule has 0 rings (SSSR count). The number of aliphatic hydroxyl groups excluding tert-OH is 1. The van der Waals surface area contributed by atoms with Gasteiger partial charge >= 0.3 is 7.82 Å². The number of hydrogen-bond acceptors (Lipinski definition) is 5. The molecule has 0 spiro atoms. The lowest BCUT2D eigenvalue weighted by molar-refractivity contribution is -0.870. The van der Waals surface area contributed by atoms with E-state index in [1.807, 2.05) is 27.2 Å². The molecule has 0 aromatic heterocycles. The molecule has 8 nitrogen and oxygen atoms in total. The zero-order valence-corrected chi connectivity index (χ0v) is 52.2. The van der Waals surface area contributed by atoms with E-state index < -0.39 is 20.0 Å². The van der Waals surface area contributed by atoms with Gasteiger partial charge in [-0.1, -0.05) is 275 Å². The van der Waals surface area contributed by atoms with Crippen LogP contribution in [0.4, 0.5) is 0 Å². The Morgan fingerprint density at radius 3 is 1.11 bits per heavy atom. The predicted octanol–water partition coefficient (Wildman–Crippen LogP) is 20.0. The van der Waals surface area contributed by atoms with Gasteiger partial charge in [-0.3, -0.25) is 13.8 Å². The molecule has 0 heterocycles. The van der Waals surface area contributed by atoms with Crippen molar-refractivity contribution in [3.8, 4) is 0 Å². The normalized spacial score (nSPS) is 14.8. The number of unbranched alkanes of at least 4 members (excludes halogenated alkanes) is 21. The molecule has 0 aromatic carbocycles. The number of hydrogen-bond donors (Lipinski definition) is 3. The van der Waals surface area contributed by atoms with Crippen molar-refractivity contribution in [1.29, 1.82) is 0 Å². The van der Waals surface area contributed by atoms with Gasteiger partial charge in [0.05, 0.1) is 39.9 Å². The Hall–Kier alpha value is -3.62. The maximum absolute atomic E-state index is 13.0. The summed E-state index contributed by atoms with van der Waals surface area (Å²) in [5.41, 5.74) is 0. The number of allylic oxidation sites excluding steroid dienone is 23. The Labute approximate surface area is 487 Å². The highest BCUT2D eigenvalue weighted by molar-refractivity contribution is 7.47. The van der Waals surface area contributed by atoms with Crippen LogP contribution in [-0.2, 0) is 18.4 Å². The minimum absolute atomic E-state index is 0.0471. The van der Waals surface area contributed by atoms with Gasteiger partial charge in [-0.15, -0.1) is 0 Å². The second-order valence-electron chi connectivity index (χ2n) is 22.1. The fraction of sp³-hybridized carbons (Fsp3) is 0.643. The summed E-state index contributed by atoms with van der Waals surface area (Å²) in [4.78, 5) is 23.3. The number of aliphatic hydroxyl groups is 1. The van der Waals surface area contributed by atoms with E-state index in [0.717, 1.165) is 109 Å². The second kappa shape index (κ2) is 59.0. The van der Waals surface area contributed by atoms with E-state index in [2.05, 4.69) is 153 Å². The summed E-state index contributed by atoms with van der Waals surface area (Å²) in [7, 11) is 1.53. The fourth-order valence-electron chi connectivity index (χ4n) is 8.40. The first-order valence-electron chi connectivity index (χ1n) is 31.7. The van der Waals surface area contributed by atoms with Crippen molar-refractivity contribution >= 4 is 13.7 Å². The van der Waals surface area contributed by atoms with Crippen molar-refractivity contribution in [1.82, 2.24) is 5.32 Å². The number of amides is 1. The standard InChI is InChI=1S/C70H119N2O6P/c1-6-8-10-12-14-16-18-20-22-24-26-28-29-30-31-32-33-34-35-36-37-38-39-40-41-42-43-44-46-48-50-52-54-56-58-60-62-64-70(74)71-68(67-78-79(75,76)77-66-65-72(3,4)5)69(73)63-61-59-57-55-53-51-49-47-45-27-25-23-21-19-17-15-13-11-9-7-2/h8,10,14,16,20,22,26,28,30-31,33-34,36-37,39-40,42-43,46,48,52,54,61,63,68-69,73H,6-7,9,11-13,15,17-19,21,23-25,27,29,32,35,38,41,44-45,47,49-51,53,55-60,62,64-67H2,1-5H3,(H-,71,74,75,76)/p+1/b10-8-,16-14-,22-20-,28-26-,31-30-,34-33-,37-36-,40-39-,43-42-,48-46-,54-52-,63-61+. The van der Waals surface area contributed by atoms with Crippen LogP contribution in [0.1, 0.15) is 239 Å². The van der Waals surface area contributed by atoms with Gasteiger partial charge in [0.25, 0.3) is 0 Å². The molecule has 3 N–H and O–H groups in total. The summed E-state index contributed by atoms with van der Waals surface area (Å²) in [5, 5.41) is 13.9. The lowest BCUT2D eigenvalue weighted by Gasteiger charge is -2.25. The number of quaternary nitrogens is 1. The van der Waals surface area contributed by atoms with Crippen LogP contribution < -0.4 is 5.32 Å². The van der Waals surface area contributed by atoms with E-state index in [-0.39, 0.29) is 19.1 Å². The maximum atomic E-state index is 13.0. The van der Waals surface area contributed by atoms with E-state index in [9.17, 15) is 19.4 Å². The van der Waals surface area contributed by atoms with E-state index >= 15 is 0 Å². The molecule has 0 aliphatic carbocycles. The number of likely N-dealkylation sites (N-methyl/N-ethyl adjacent to an activating group) is 1. The molecule has 9 heteroatoms. The van der Waals surface area contributed by atoms with E-state index in [4.69, 9.17) is 9.05 Å². The number of phosphoric acid groups is 1. The molecule has 1 amide bonds. The molecular weight excluding hydrogens is 996 g/mol. The Balaban J connectivity index is 4.28. The van der Waals surface area contributed by atoms with Crippen molar-refractivity contribution in [2.24, 2.45) is 0 Å². The molecule has 0 aromatic rings. The molecule has 0 fully saturated rings. The molecule has 3 unspecified atom stereocenters. The van der Waals surface area contributed by atoms with Crippen LogP contribution in [0.15, 0.2) is 146 Å². The van der Waals surface area contributed by atoms with Crippen LogP contribution in [0.25, 0.3) is 0 Å². The van der Waals surface area contributed by atoms with Gasteiger partial charge in [0.2, 0.25) is 5.91 Å². The van der Waals surface area contributed by atoms with Crippen LogP contribution >= 0.6 is 7.82 Å². The lowest BCUT2D eigenvalue weighted by Crippen LogP contribution is -2.45. The zero-order valence-electron chi connectivity index (χ0n) is 51.3. The number of rotatable bonds is 56. The van der Waals surface area contributed by atoms with Crippen molar-refractivity contribution in [3.63, 3.8) is 0 Å². The molecule has 450 valence electrons. The average molecular weight is 1120 g/mol. The molecule has 0 bridgehead atoms. The number of nitrogens with zero attached hydrogens (tertiary/aromatic N) is 1. The minimum atomic E-state index is -4.37. The van der Waals surface area contributed by atoms with Gasteiger partial charge in [0.15, 0.2) is 0 Å². The summed E-state index contributed by atoms with van der Waals surface area (Å²) in [6.45, 7) is 4.67. The first-order chi connectivity index (χ1) is 38.5. The highest BCUT2D eigenvalue weighted by Crippen LogP contribution is 2.43. The second-order valence-corrected chi connectivity index (χ2v) is 23.5. The molecule has 0 radical (unpaired) electrons. The molecule has 79 heavy (non-hydrogen) atoms. The minimum Gasteiger partial charge on any atom is -0.387 e. The Morgan fingerprint density at radius 2 is 0.759 bits per heavy atom. The Morgan fingerprint density at radius 1 is 0.443 bits per heavy atom. The lowest BCUT2D eigenvalue weighted by atomic mass is 10.0. The summed E-state index contributed by atoms with van der Waals surface area (Å²) < 4.78 is 23.7. The first-order valence-corrected chi connectivity index (χ1v) is 33.2. The Bertz CT molecular complexity index is 1790. The van der Waals surface area contributed by atoms with E-state index in [1.54, 1.807) is 6.08 Å². The smallest absolute Gasteiger partial charge is 0.387 e. The number of carbonyl (C=O) groups excluding carboxylic acids is 1. The molecule has 3 atom stereocenters. The molecular formula is C70H120N2O6P+. The summed E-state index contributed by atoms with van der Waals surface area (Å²) in [6.07, 6.45) is 91.0. The highest BCUT2D eigenvalue weighted by Gasteiger charge is 2.27. The van der Waals surface area contributed by atoms with Crippen LogP contribution in [0.2, 0.25) is 0 Å². The van der Waals surface area contributed by atoms with Crippen LogP contribution in [0.3, 0.4) is 0 Å². The SMILES string of the molecule is CC/C=C\C/C=C\C/C=C\C/C=C\C/C=C\C/C=C\C/C=C\C/C=C\C/C=C\C/C=C\C/C=C\CCCCCC(=O)NC(COP(=O)(O)OCC[N+](C)(C)C)C(O)/C=C/CCCCCCCCCCCCCCCCCCCC. The van der Waals surface area contributed by atoms with Gasteiger partial charge < -0.3 is 19.8 Å². The molecule has 0 aliphatic rings. The zero-order chi connectivity index (χ0) is 57.7. The van der Waals surface area contributed by atoms with Crippen molar-refractivity contribution in [2.75, 3.05) is 40.9 Å². The Kier molecular flexibility index (Phi) is 56.3. The van der Waals surface area contributed by atoms with Crippen LogP contribution in [0.5, 0.6) is 0 Å². The van der Waals surface area contributed by atoms with Gasteiger partial charge in [-0.05, 0) is 103 Å². The van der Waals surface area contributed by atoms with E-state index in [1.165, 1.54) is 103 Å². The first kappa shape index (κ1) is 75.4. The molecule has 0 saturated carbocycles. The van der Waals surface area contributed by atoms with Crippen molar-refractivity contribution in [3.05, 3.63) is 146 Å².